The maximum Gasteiger partial charge on any atom is 0.240 e. The van der Waals surface area contributed by atoms with Gasteiger partial charge < -0.3 is 24.9 Å². The van der Waals surface area contributed by atoms with Crippen molar-refractivity contribution in [1.29, 1.82) is 0 Å². The van der Waals surface area contributed by atoms with Gasteiger partial charge in [-0.2, -0.15) is 0 Å². The Bertz CT molecular complexity index is 911. The number of aliphatic hydroxyl groups is 1. The maximum absolute atomic E-state index is 12.4. The number of nitrogens with zero attached hydrogens (tertiary/aromatic N) is 1. The van der Waals surface area contributed by atoms with E-state index in [1.165, 1.54) is 19.4 Å². The predicted molar refractivity (Wildman–Crippen MR) is 115 cm³/mol. The molecule has 1 aromatic heterocycles. The van der Waals surface area contributed by atoms with Crippen molar-refractivity contribution < 1.29 is 22.7 Å². The monoisotopic (exact) mass is 438 g/mol. The quantitative estimate of drug-likeness (QED) is 0.236. The van der Waals surface area contributed by atoms with Crippen LogP contribution in [-0.2, 0) is 26.9 Å². The summed E-state index contributed by atoms with van der Waals surface area (Å²) in [6.45, 7) is 5.15. The van der Waals surface area contributed by atoms with Gasteiger partial charge in [0.25, 0.3) is 0 Å². The van der Waals surface area contributed by atoms with Gasteiger partial charge in [0.05, 0.1) is 30.9 Å². The number of furan rings is 1. The van der Waals surface area contributed by atoms with Crippen LogP contribution in [0.4, 0.5) is 0 Å². The Morgan fingerprint density at radius 3 is 2.73 bits per heavy atom. The molecule has 4 N–H and O–H groups in total. The molecule has 0 bridgehead atoms. The van der Waals surface area contributed by atoms with Gasteiger partial charge in [0.2, 0.25) is 10.0 Å². The highest BCUT2D eigenvalue weighted by Gasteiger charge is 2.26. The molecule has 0 spiro atoms. The molecule has 0 fully saturated rings. The van der Waals surface area contributed by atoms with Crippen LogP contribution in [0.5, 0.6) is 0 Å². The van der Waals surface area contributed by atoms with Crippen molar-refractivity contribution in [2.24, 2.45) is 4.99 Å². The molecule has 2 rings (SSSR count). The molecule has 0 aliphatic carbocycles. The fraction of sp³-hybridized carbons (Fsp3) is 0.450. The summed E-state index contributed by atoms with van der Waals surface area (Å²) in [5.41, 5.74) is -0.471. The molecule has 2 aromatic rings. The lowest BCUT2D eigenvalue weighted by Crippen LogP contribution is -2.44. The summed E-state index contributed by atoms with van der Waals surface area (Å²) in [6.07, 6.45) is 1.51. The number of benzene rings is 1. The highest BCUT2D eigenvalue weighted by molar-refractivity contribution is 7.89. The molecule has 9 nitrogen and oxygen atoms in total. The smallest absolute Gasteiger partial charge is 0.240 e. The van der Waals surface area contributed by atoms with Gasteiger partial charge in [-0.25, -0.2) is 18.1 Å². The third-order valence-electron chi connectivity index (χ3n) is 4.22. The zero-order valence-corrected chi connectivity index (χ0v) is 18.3. The topological polar surface area (TPSA) is 125 Å². The molecular weight excluding hydrogens is 408 g/mol. The number of hydrogen-bond acceptors (Lipinski definition) is 6. The third kappa shape index (κ3) is 7.13. The van der Waals surface area contributed by atoms with Crippen LogP contribution in [0.1, 0.15) is 25.2 Å². The molecule has 0 amide bonds. The standard InChI is InChI=1S/C20H30N4O5S/c1-4-21-19(23-15-20(2,25)18-9-6-11-29-18)22-14-16-7-5-8-17(13-16)30(26,27)24-10-12-28-3/h5-9,11,13,24-25H,4,10,12,14-15H2,1-3H3,(H2,21,22,23). The van der Waals surface area contributed by atoms with Crippen molar-refractivity contribution in [3.8, 4) is 0 Å². The van der Waals surface area contributed by atoms with Crippen LogP contribution in [-0.4, -0.2) is 52.8 Å². The van der Waals surface area contributed by atoms with Crippen LogP contribution >= 0.6 is 0 Å². The summed E-state index contributed by atoms with van der Waals surface area (Å²) in [4.78, 5) is 4.66. The zero-order chi connectivity index (χ0) is 22.0. The van der Waals surface area contributed by atoms with Crippen LogP contribution in [0.25, 0.3) is 0 Å². The molecule has 1 unspecified atom stereocenters. The number of ether oxygens (including phenoxy) is 1. The van der Waals surface area contributed by atoms with E-state index in [4.69, 9.17) is 9.15 Å². The van der Waals surface area contributed by atoms with E-state index < -0.39 is 15.6 Å². The van der Waals surface area contributed by atoms with Crippen LogP contribution in [0.2, 0.25) is 0 Å². The summed E-state index contributed by atoms with van der Waals surface area (Å²) in [7, 11) is -2.10. The summed E-state index contributed by atoms with van der Waals surface area (Å²) >= 11 is 0. The van der Waals surface area contributed by atoms with E-state index in [1.807, 2.05) is 6.92 Å². The second kappa shape index (κ2) is 11.1. The Labute approximate surface area is 177 Å². The largest absolute Gasteiger partial charge is 0.466 e. The number of nitrogens with one attached hydrogen (secondary N) is 3. The lowest BCUT2D eigenvalue weighted by molar-refractivity contribution is 0.0386. The van der Waals surface area contributed by atoms with Gasteiger partial charge in [-0.05, 0) is 43.7 Å². The van der Waals surface area contributed by atoms with Gasteiger partial charge in [0, 0.05) is 20.2 Å². The number of guanidine groups is 1. The first-order chi connectivity index (χ1) is 14.3. The average molecular weight is 439 g/mol. The van der Waals surface area contributed by atoms with E-state index in [0.29, 0.717) is 24.9 Å². The number of methoxy groups -OCH3 is 1. The second-order valence-electron chi connectivity index (χ2n) is 6.84. The summed E-state index contributed by atoms with van der Waals surface area (Å²) in [6, 6.07) is 10.0. The molecule has 0 radical (unpaired) electrons. The third-order valence-corrected chi connectivity index (χ3v) is 5.68. The predicted octanol–water partition coefficient (Wildman–Crippen LogP) is 1.17. The van der Waals surface area contributed by atoms with Crippen molar-refractivity contribution in [3.63, 3.8) is 0 Å². The first kappa shape index (κ1) is 23.9. The minimum Gasteiger partial charge on any atom is -0.466 e. The Morgan fingerprint density at radius 2 is 2.07 bits per heavy atom. The average Bonchev–Trinajstić information content (AvgIpc) is 3.26. The molecule has 1 atom stereocenters. The van der Waals surface area contributed by atoms with E-state index in [2.05, 4.69) is 20.3 Å². The van der Waals surface area contributed by atoms with Gasteiger partial charge in [0.15, 0.2) is 5.96 Å². The van der Waals surface area contributed by atoms with Crippen LogP contribution in [0.3, 0.4) is 0 Å². The minimum absolute atomic E-state index is 0.171. The van der Waals surface area contributed by atoms with Crippen molar-refractivity contribution in [2.75, 3.05) is 33.4 Å². The van der Waals surface area contributed by atoms with Crippen LogP contribution < -0.4 is 15.4 Å². The Morgan fingerprint density at radius 1 is 1.27 bits per heavy atom. The second-order valence-corrected chi connectivity index (χ2v) is 8.60. The van der Waals surface area contributed by atoms with E-state index in [0.717, 1.165) is 5.56 Å². The SMILES string of the molecule is CCNC(=NCc1cccc(S(=O)(=O)NCCOC)c1)NCC(C)(O)c1ccco1. The zero-order valence-electron chi connectivity index (χ0n) is 17.5. The van der Waals surface area contributed by atoms with Gasteiger partial charge in [0.1, 0.15) is 11.4 Å². The van der Waals surface area contributed by atoms with E-state index in [1.54, 1.807) is 37.3 Å². The molecule has 30 heavy (non-hydrogen) atoms. The van der Waals surface area contributed by atoms with Crippen LogP contribution in [0.15, 0.2) is 57.0 Å². The first-order valence-corrected chi connectivity index (χ1v) is 11.1. The summed E-state index contributed by atoms with van der Waals surface area (Å²) in [5.74, 6) is 0.945. The number of sulfonamides is 1. The molecule has 0 saturated carbocycles. The highest BCUT2D eigenvalue weighted by atomic mass is 32.2. The molecule has 0 saturated heterocycles. The highest BCUT2D eigenvalue weighted by Crippen LogP contribution is 2.19. The van der Waals surface area contributed by atoms with Crippen molar-refractivity contribution in [2.45, 2.75) is 30.9 Å². The van der Waals surface area contributed by atoms with E-state index in [9.17, 15) is 13.5 Å². The maximum atomic E-state index is 12.4. The van der Waals surface area contributed by atoms with E-state index in [-0.39, 0.29) is 24.5 Å². The van der Waals surface area contributed by atoms with Crippen LogP contribution in [0, 0.1) is 0 Å². The molecule has 1 heterocycles. The molecule has 1 aromatic carbocycles. The summed E-state index contributed by atoms with van der Waals surface area (Å²) in [5, 5.41) is 16.8. The Hall–Kier alpha value is -2.40. The molecular formula is C20H30N4O5S. The minimum atomic E-state index is -3.61. The molecule has 166 valence electrons. The number of rotatable bonds is 11. The van der Waals surface area contributed by atoms with Gasteiger partial charge in [-0.15, -0.1) is 0 Å². The fourth-order valence-corrected chi connectivity index (χ4v) is 3.70. The Kier molecular flexibility index (Phi) is 8.85. The number of hydrogen-bond donors (Lipinski definition) is 4. The normalized spacial score (nSPS) is 14.3. The lowest BCUT2D eigenvalue weighted by Gasteiger charge is -2.22. The fourth-order valence-electron chi connectivity index (χ4n) is 2.61. The molecule has 0 aliphatic rings. The van der Waals surface area contributed by atoms with Crippen molar-refractivity contribution >= 4 is 16.0 Å². The van der Waals surface area contributed by atoms with Crippen molar-refractivity contribution in [3.05, 3.63) is 54.0 Å². The Balaban J connectivity index is 2.05. The number of aliphatic imine (C=N–C) groups is 1. The van der Waals surface area contributed by atoms with Crippen molar-refractivity contribution in [1.82, 2.24) is 15.4 Å². The van der Waals surface area contributed by atoms with Gasteiger partial charge in [-0.3, -0.25) is 0 Å². The van der Waals surface area contributed by atoms with Gasteiger partial charge in [-0.1, -0.05) is 12.1 Å². The first-order valence-electron chi connectivity index (χ1n) is 9.64. The van der Waals surface area contributed by atoms with Gasteiger partial charge >= 0.3 is 0 Å². The molecule has 10 heteroatoms. The summed E-state index contributed by atoms with van der Waals surface area (Å²) < 4.78 is 37.4. The molecule has 0 aliphatic heterocycles. The lowest BCUT2D eigenvalue weighted by atomic mass is 10.0. The van der Waals surface area contributed by atoms with E-state index >= 15 is 0 Å².